The Labute approximate surface area is 150 Å². The molecule has 2 aromatic carbocycles. The molecule has 0 spiro atoms. The lowest BCUT2D eigenvalue weighted by atomic mass is 10.0. The van der Waals surface area contributed by atoms with Crippen LogP contribution in [-0.2, 0) is 18.9 Å². The number of nitrogens with one attached hydrogen (secondary N) is 1. The third-order valence-electron chi connectivity index (χ3n) is 4.56. The molecule has 0 aliphatic heterocycles. The zero-order chi connectivity index (χ0) is 17.9. The van der Waals surface area contributed by atoms with Crippen molar-refractivity contribution in [3.63, 3.8) is 0 Å². The summed E-state index contributed by atoms with van der Waals surface area (Å²) in [4.78, 5) is 0. The molecule has 1 N–H and O–H groups in total. The first kappa shape index (κ1) is 18.3. The Morgan fingerprint density at radius 1 is 0.880 bits per heavy atom. The van der Waals surface area contributed by atoms with Gasteiger partial charge in [0.1, 0.15) is 0 Å². The monoisotopic (exact) mass is 359 g/mol. The summed E-state index contributed by atoms with van der Waals surface area (Å²) in [5, 5.41) is 2.58. The van der Waals surface area contributed by atoms with Crippen LogP contribution in [0.3, 0.4) is 0 Å². The molecule has 1 aliphatic rings. The fourth-order valence-electron chi connectivity index (χ4n) is 3.67. The van der Waals surface area contributed by atoms with Gasteiger partial charge in [-0.05, 0) is 49.1 Å². The standard InChI is InChI=1S/C20H26NO3P/c1-4-15-21-20(25(22,23-5-2)24-6-3)18-13-9-7-11-16(18)17-12-8-10-14-19(17)20/h7-14,21H,4-6,15H2,1-3H3. The average Bonchev–Trinajstić information content (AvgIpc) is 2.92. The molecule has 0 saturated carbocycles. The van der Waals surface area contributed by atoms with E-state index in [1.165, 1.54) is 0 Å². The lowest BCUT2D eigenvalue weighted by Gasteiger charge is -2.38. The van der Waals surface area contributed by atoms with Gasteiger partial charge >= 0.3 is 7.60 Å². The minimum Gasteiger partial charge on any atom is -0.307 e. The molecule has 4 nitrogen and oxygen atoms in total. The van der Waals surface area contributed by atoms with Crippen molar-refractivity contribution in [2.24, 2.45) is 0 Å². The lowest BCUT2D eigenvalue weighted by Crippen LogP contribution is -2.43. The lowest BCUT2D eigenvalue weighted by molar-refractivity contribution is 0.195. The molecule has 0 amide bonds. The molecule has 0 saturated heterocycles. The molecule has 5 heteroatoms. The van der Waals surface area contributed by atoms with Crippen LogP contribution < -0.4 is 5.32 Å². The molecule has 0 heterocycles. The highest BCUT2D eigenvalue weighted by Crippen LogP contribution is 2.70. The highest BCUT2D eigenvalue weighted by atomic mass is 31.2. The van der Waals surface area contributed by atoms with Crippen molar-refractivity contribution in [3.05, 3.63) is 59.7 Å². The maximum absolute atomic E-state index is 14.1. The second-order valence-electron chi connectivity index (χ2n) is 6.06. The molecule has 25 heavy (non-hydrogen) atoms. The van der Waals surface area contributed by atoms with E-state index in [0.717, 1.165) is 28.7 Å². The normalized spacial score (nSPS) is 15.0. The third-order valence-corrected chi connectivity index (χ3v) is 7.22. The van der Waals surface area contributed by atoms with Crippen LogP contribution in [0.15, 0.2) is 48.5 Å². The van der Waals surface area contributed by atoms with Gasteiger partial charge < -0.3 is 9.05 Å². The summed E-state index contributed by atoms with van der Waals surface area (Å²) >= 11 is 0. The van der Waals surface area contributed by atoms with Crippen molar-refractivity contribution in [2.75, 3.05) is 19.8 Å². The third kappa shape index (κ3) is 2.78. The van der Waals surface area contributed by atoms with Gasteiger partial charge in [0.2, 0.25) is 0 Å². The summed E-state index contributed by atoms with van der Waals surface area (Å²) in [6.45, 7) is 7.18. The summed E-state index contributed by atoms with van der Waals surface area (Å²) in [7, 11) is -3.50. The average molecular weight is 359 g/mol. The predicted octanol–water partition coefficient (Wildman–Crippen LogP) is 5.13. The zero-order valence-corrected chi connectivity index (χ0v) is 16.0. The molecular formula is C20H26NO3P. The van der Waals surface area contributed by atoms with Crippen LogP contribution in [0.1, 0.15) is 38.3 Å². The van der Waals surface area contributed by atoms with Crippen LogP contribution in [0.25, 0.3) is 11.1 Å². The van der Waals surface area contributed by atoms with Crippen LogP contribution in [-0.4, -0.2) is 19.8 Å². The Morgan fingerprint density at radius 3 is 1.80 bits per heavy atom. The molecule has 0 radical (unpaired) electrons. The highest BCUT2D eigenvalue weighted by Gasteiger charge is 2.58. The molecule has 0 fully saturated rings. The second-order valence-corrected chi connectivity index (χ2v) is 8.24. The van der Waals surface area contributed by atoms with Gasteiger partial charge in [-0.3, -0.25) is 9.88 Å². The molecule has 0 bridgehead atoms. The van der Waals surface area contributed by atoms with E-state index in [-0.39, 0.29) is 0 Å². The van der Waals surface area contributed by atoms with Crippen molar-refractivity contribution in [3.8, 4) is 11.1 Å². The smallest absolute Gasteiger partial charge is 0.307 e. The van der Waals surface area contributed by atoms with Crippen molar-refractivity contribution in [2.45, 2.75) is 32.5 Å². The van der Waals surface area contributed by atoms with Gasteiger partial charge in [0.05, 0.1) is 13.2 Å². The van der Waals surface area contributed by atoms with Crippen molar-refractivity contribution >= 4 is 7.60 Å². The van der Waals surface area contributed by atoms with E-state index in [1.807, 2.05) is 50.2 Å². The van der Waals surface area contributed by atoms with E-state index in [0.29, 0.717) is 19.8 Å². The summed E-state index contributed by atoms with van der Waals surface area (Å²) in [6, 6.07) is 16.2. The van der Waals surface area contributed by atoms with Gasteiger partial charge in [0.15, 0.2) is 5.28 Å². The largest absolute Gasteiger partial charge is 0.359 e. The predicted molar refractivity (Wildman–Crippen MR) is 102 cm³/mol. The number of hydrogen-bond donors (Lipinski definition) is 1. The van der Waals surface area contributed by atoms with E-state index in [9.17, 15) is 4.57 Å². The van der Waals surface area contributed by atoms with Gasteiger partial charge in [-0.15, -0.1) is 0 Å². The van der Waals surface area contributed by atoms with E-state index >= 15 is 0 Å². The minimum atomic E-state index is -3.50. The Hall–Kier alpha value is -1.45. The van der Waals surface area contributed by atoms with E-state index in [4.69, 9.17) is 9.05 Å². The van der Waals surface area contributed by atoms with E-state index in [1.54, 1.807) is 0 Å². The summed E-state index contributed by atoms with van der Waals surface area (Å²) in [6.07, 6.45) is 0.921. The quantitative estimate of drug-likeness (QED) is 0.664. The number of fused-ring (bicyclic) bond motifs is 3. The second kappa shape index (κ2) is 7.43. The van der Waals surface area contributed by atoms with Gasteiger partial charge in [0.25, 0.3) is 0 Å². The summed E-state index contributed by atoms with van der Waals surface area (Å²) in [5.74, 6) is 0. The molecule has 1 aliphatic carbocycles. The zero-order valence-electron chi connectivity index (χ0n) is 15.1. The Morgan fingerprint density at radius 2 is 1.36 bits per heavy atom. The van der Waals surface area contributed by atoms with E-state index in [2.05, 4.69) is 24.4 Å². The Kier molecular flexibility index (Phi) is 5.45. The minimum absolute atomic E-state index is 0.331. The maximum atomic E-state index is 14.1. The molecule has 0 unspecified atom stereocenters. The van der Waals surface area contributed by atoms with Crippen LogP contribution in [0.4, 0.5) is 0 Å². The number of rotatable bonds is 8. The van der Waals surface area contributed by atoms with Crippen molar-refractivity contribution in [1.29, 1.82) is 0 Å². The fourth-order valence-corrected chi connectivity index (χ4v) is 6.10. The maximum Gasteiger partial charge on any atom is 0.359 e. The first-order valence-electron chi connectivity index (χ1n) is 8.98. The van der Waals surface area contributed by atoms with Crippen LogP contribution in [0.2, 0.25) is 0 Å². The molecular weight excluding hydrogens is 333 g/mol. The van der Waals surface area contributed by atoms with Crippen LogP contribution >= 0.6 is 7.60 Å². The number of hydrogen-bond acceptors (Lipinski definition) is 4. The van der Waals surface area contributed by atoms with Crippen LogP contribution in [0, 0.1) is 0 Å². The summed E-state index contributed by atoms with van der Waals surface area (Å²) in [5.41, 5.74) is 4.10. The van der Waals surface area contributed by atoms with Gasteiger partial charge in [-0.25, -0.2) is 0 Å². The fraction of sp³-hybridized carbons (Fsp3) is 0.400. The van der Waals surface area contributed by atoms with Gasteiger partial charge in [-0.1, -0.05) is 55.5 Å². The van der Waals surface area contributed by atoms with Crippen molar-refractivity contribution in [1.82, 2.24) is 5.32 Å². The molecule has 2 aromatic rings. The molecule has 0 atom stereocenters. The number of benzene rings is 2. The van der Waals surface area contributed by atoms with Crippen molar-refractivity contribution < 1.29 is 13.6 Å². The first-order chi connectivity index (χ1) is 12.1. The molecule has 134 valence electrons. The first-order valence-corrected chi connectivity index (χ1v) is 10.5. The Balaban J connectivity index is 2.33. The highest BCUT2D eigenvalue weighted by molar-refractivity contribution is 7.55. The van der Waals surface area contributed by atoms with Crippen LogP contribution in [0.5, 0.6) is 0 Å². The van der Waals surface area contributed by atoms with E-state index < -0.39 is 12.9 Å². The summed E-state index contributed by atoms with van der Waals surface area (Å²) < 4.78 is 25.7. The van der Waals surface area contributed by atoms with Gasteiger partial charge in [0, 0.05) is 0 Å². The van der Waals surface area contributed by atoms with Gasteiger partial charge in [-0.2, -0.15) is 0 Å². The SMILES string of the molecule is CCCNC1(P(=O)(OCC)OCC)c2ccccc2-c2ccccc21. The molecule has 0 aromatic heterocycles. The topological polar surface area (TPSA) is 47.6 Å². The molecule has 3 rings (SSSR count). The Bertz CT molecular complexity index is 735.